The average molecular weight is 275 g/mol. The van der Waals surface area contributed by atoms with Crippen LogP contribution < -0.4 is 5.32 Å². The molecule has 1 N–H and O–H groups in total. The van der Waals surface area contributed by atoms with E-state index < -0.39 is 0 Å². The molecule has 1 amide bonds. The summed E-state index contributed by atoms with van der Waals surface area (Å²) < 4.78 is 0. The topological polar surface area (TPSA) is 29.1 Å². The molecule has 0 aliphatic heterocycles. The Labute approximate surface area is 118 Å². The highest BCUT2D eigenvalue weighted by Gasteiger charge is 2.41. The predicted octanol–water partition coefficient (Wildman–Crippen LogP) is 3.70. The van der Waals surface area contributed by atoms with E-state index in [2.05, 4.69) is 12.2 Å². The van der Waals surface area contributed by atoms with Gasteiger partial charge >= 0.3 is 0 Å². The molecule has 4 unspecified atom stereocenters. The third-order valence-electron chi connectivity index (χ3n) is 4.75. The van der Waals surface area contributed by atoms with E-state index in [1.54, 1.807) is 17.4 Å². The van der Waals surface area contributed by atoms with Gasteiger partial charge < -0.3 is 5.32 Å². The predicted molar refractivity (Wildman–Crippen MR) is 79.9 cm³/mol. The molecule has 0 spiro atoms. The molecule has 102 valence electrons. The minimum atomic E-state index is 0.0451. The number of carbonyl (C=O) groups is 1. The van der Waals surface area contributed by atoms with Gasteiger partial charge in [0.25, 0.3) is 0 Å². The highest BCUT2D eigenvalue weighted by atomic mass is 32.1. The summed E-state index contributed by atoms with van der Waals surface area (Å²) >= 11 is 1.65. The number of fused-ring (bicyclic) bond motifs is 2. The second-order valence-corrected chi connectivity index (χ2v) is 6.96. The molecule has 0 aromatic carbocycles. The van der Waals surface area contributed by atoms with Gasteiger partial charge in [0, 0.05) is 17.0 Å². The van der Waals surface area contributed by atoms with E-state index >= 15 is 0 Å². The zero-order valence-corrected chi connectivity index (χ0v) is 12.2. The van der Waals surface area contributed by atoms with Gasteiger partial charge in [0.05, 0.1) is 0 Å². The molecule has 2 fully saturated rings. The van der Waals surface area contributed by atoms with Crippen molar-refractivity contribution in [1.82, 2.24) is 5.32 Å². The van der Waals surface area contributed by atoms with Crippen LogP contribution in [-0.2, 0) is 4.79 Å². The Hall–Kier alpha value is -1.09. The van der Waals surface area contributed by atoms with Crippen molar-refractivity contribution in [3.63, 3.8) is 0 Å². The molecule has 0 radical (unpaired) electrons. The van der Waals surface area contributed by atoms with Gasteiger partial charge in [0.1, 0.15) is 0 Å². The van der Waals surface area contributed by atoms with Gasteiger partial charge in [0.2, 0.25) is 5.91 Å². The molecule has 2 aliphatic rings. The van der Waals surface area contributed by atoms with Crippen LogP contribution in [0.1, 0.15) is 37.5 Å². The van der Waals surface area contributed by atoms with Crippen LogP contribution in [0.2, 0.25) is 0 Å². The molecular formula is C16H21NOS. The van der Waals surface area contributed by atoms with Crippen molar-refractivity contribution >= 4 is 23.3 Å². The summed E-state index contributed by atoms with van der Waals surface area (Å²) in [6.07, 6.45) is 9.07. The van der Waals surface area contributed by atoms with Crippen molar-refractivity contribution in [3.8, 4) is 0 Å². The van der Waals surface area contributed by atoms with Gasteiger partial charge in [0.15, 0.2) is 0 Å². The third-order valence-corrected chi connectivity index (χ3v) is 5.58. The molecule has 4 atom stereocenters. The number of rotatable bonds is 4. The van der Waals surface area contributed by atoms with Crippen molar-refractivity contribution in [2.75, 3.05) is 0 Å². The van der Waals surface area contributed by atoms with E-state index in [1.807, 2.05) is 23.6 Å². The first-order valence-corrected chi connectivity index (χ1v) is 8.12. The van der Waals surface area contributed by atoms with Crippen LogP contribution in [0.3, 0.4) is 0 Å². The summed E-state index contributed by atoms with van der Waals surface area (Å²) in [5.74, 6) is 2.55. The lowest BCUT2D eigenvalue weighted by atomic mass is 9.84. The summed E-state index contributed by atoms with van der Waals surface area (Å²) in [5, 5.41) is 5.17. The zero-order valence-electron chi connectivity index (χ0n) is 11.3. The Kier molecular flexibility index (Phi) is 3.74. The van der Waals surface area contributed by atoms with Gasteiger partial charge in [-0.3, -0.25) is 4.79 Å². The fourth-order valence-corrected chi connectivity index (χ4v) is 4.45. The van der Waals surface area contributed by atoms with E-state index in [9.17, 15) is 4.79 Å². The normalized spacial score (nSPS) is 30.9. The summed E-state index contributed by atoms with van der Waals surface area (Å²) in [7, 11) is 0. The number of nitrogens with one attached hydrogen (secondary N) is 1. The summed E-state index contributed by atoms with van der Waals surface area (Å²) in [6.45, 7) is 2.17. The fraction of sp³-hybridized carbons (Fsp3) is 0.562. The molecule has 1 heterocycles. The molecule has 3 rings (SSSR count). The smallest absolute Gasteiger partial charge is 0.244 e. The summed E-state index contributed by atoms with van der Waals surface area (Å²) in [5.41, 5.74) is 0. The molecule has 2 aliphatic carbocycles. The van der Waals surface area contributed by atoms with Crippen LogP contribution in [0.4, 0.5) is 0 Å². The number of carbonyl (C=O) groups excluding carboxylic acids is 1. The Bertz CT molecular complexity index is 465. The lowest BCUT2D eigenvalue weighted by Crippen LogP contribution is -2.39. The monoisotopic (exact) mass is 275 g/mol. The van der Waals surface area contributed by atoms with E-state index in [1.165, 1.54) is 25.7 Å². The highest BCUT2D eigenvalue weighted by molar-refractivity contribution is 7.10. The van der Waals surface area contributed by atoms with Crippen LogP contribution in [-0.4, -0.2) is 11.9 Å². The first-order valence-electron chi connectivity index (χ1n) is 7.24. The average Bonchev–Trinajstić information content (AvgIpc) is 3.13. The second-order valence-electron chi connectivity index (χ2n) is 5.98. The molecular weight excluding hydrogens is 254 g/mol. The van der Waals surface area contributed by atoms with E-state index in [0.717, 1.165) is 16.7 Å². The number of hydrogen-bond donors (Lipinski definition) is 1. The summed E-state index contributed by atoms with van der Waals surface area (Å²) in [6, 6.07) is 4.34. The van der Waals surface area contributed by atoms with Gasteiger partial charge in [-0.15, -0.1) is 11.3 Å². The maximum Gasteiger partial charge on any atom is 0.244 e. The molecule has 1 aromatic heterocycles. The van der Waals surface area contributed by atoms with Gasteiger partial charge in [-0.25, -0.2) is 0 Å². The standard InChI is InChI=1S/C16H21NOS/c1-11(15-10-12-4-5-13(15)9-12)17-16(18)7-6-14-3-2-8-19-14/h2-3,6-8,11-13,15H,4-5,9-10H2,1H3,(H,17,18). The molecule has 2 bridgehead atoms. The quantitative estimate of drug-likeness (QED) is 0.834. The van der Waals surface area contributed by atoms with E-state index in [4.69, 9.17) is 0 Å². The first-order chi connectivity index (χ1) is 9.22. The molecule has 19 heavy (non-hydrogen) atoms. The molecule has 0 saturated heterocycles. The van der Waals surface area contributed by atoms with Crippen LogP contribution in [0.15, 0.2) is 23.6 Å². The Morgan fingerprint density at radius 2 is 2.37 bits per heavy atom. The summed E-state index contributed by atoms with van der Waals surface area (Å²) in [4.78, 5) is 13.0. The number of thiophene rings is 1. The highest BCUT2D eigenvalue weighted by Crippen LogP contribution is 2.49. The Balaban J connectivity index is 1.52. The van der Waals surface area contributed by atoms with Crippen LogP contribution in [0, 0.1) is 17.8 Å². The van der Waals surface area contributed by atoms with E-state index in [0.29, 0.717) is 12.0 Å². The van der Waals surface area contributed by atoms with Crippen molar-refractivity contribution in [2.45, 2.75) is 38.6 Å². The van der Waals surface area contributed by atoms with Crippen LogP contribution in [0.5, 0.6) is 0 Å². The third kappa shape index (κ3) is 2.92. The molecule has 3 heteroatoms. The molecule has 2 nitrogen and oxygen atoms in total. The maximum absolute atomic E-state index is 11.9. The minimum Gasteiger partial charge on any atom is -0.350 e. The Morgan fingerprint density at radius 1 is 1.47 bits per heavy atom. The lowest BCUT2D eigenvalue weighted by Gasteiger charge is -2.28. The Morgan fingerprint density at radius 3 is 3.00 bits per heavy atom. The molecule has 2 saturated carbocycles. The lowest BCUT2D eigenvalue weighted by molar-refractivity contribution is -0.117. The molecule has 1 aromatic rings. The number of amides is 1. The van der Waals surface area contributed by atoms with Crippen molar-refractivity contribution in [3.05, 3.63) is 28.5 Å². The van der Waals surface area contributed by atoms with Crippen LogP contribution in [0.25, 0.3) is 6.08 Å². The maximum atomic E-state index is 11.9. The first kappa shape index (κ1) is 12.9. The van der Waals surface area contributed by atoms with E-state index in [-0.39, 0.29) is 5.91 Å². The minimum absolute atomic E-state index is 0.0451. The van der Waals surface area contributed by atoms with Gasteiger partial charge in [-0.1, -0.05) is 12.5 Å². The van der Waals surface area contributed by atoms with Crippen LogP contribution >= 0.6 is 11.3 Å². The van der Waals surface area contributed by atoms with Gasteiger partial charge in [-0.05, 0) is 61.5 Å². The largest absolute Gasteiger partial charge is 0.350 e. The zero-order chi connectivity index (χ0) is 13.2. The van der Waals surface area contributed by atoms with Gasteiger partial charge in [-0.2, -0.15) is 0 Å². The van der Waals surface area contributed by atoms with Crippen molar-refractivity contribution in [1.29, 1.82) is 0 Å². The van der Waals surface area contributed by atoms with Crippen molar-refractivity contribution in [2.24, 2.45) is 17.8 Å². The van der Waals surface area contributed by atoms with Crippen molar-refractivity contribution < 1.29 is 4.79 Å². The SMILES string of the molecule is CC(NC(=O)C=Cc1cccs1)C1CC2CCC1C2. The second kappa shape index (κ2) is 5.49. The fourth-order valence-electron chi connectivity index (χ4n) is 3.83. The number of hydrogen-bond acceptors (Lipinski definition) is 2.